The highest BCUT2D eigenvalue weighted by Gasteiger charge is 2.22. The van der Waals surface area contributed by atoms with E-state index in [0.29, 0.717) is 10.3 Å². The fraction of sp³-hybridized carbons (Fsp3) is 0.385. The van der Waals surface area contributed by atoms with Gasteiger partial charge in [-0.3, -0.25) is 4.79 Å². The lowest BCUT2D eigenvalue weighted by atomic mass is 9.92. The van der Waals surface area contributed by atoms with Gasteiger partial charge in [-0.25, -0.2) is 4.98 Å². The molecule has 2 rings (SSSR count). The number of aryl methyl sites for hydroxylation is 1. The summed E-state index contributed by atoms with van der Waals surface area (Å²) in [5, 5.41) is 0. The monoisotopic (exact) mass is 404 g/mol. The molecular formula is C13H14Br2N2OS. The van der Waals surface area contributed by atoms with Gasteiger partial charge in [0.15, 0.2) is 5.82 Å². The Hall–Kier alpha value is -0.460. The van der Waals surface area contributed by atoms with Gasteiger partial charge in [0.05, 0.1) is 10.6 Å². The van der Waals surface area contributed by atoms with Crippen LogP contribution in [0.5, 0.6) is 0 Å². The fourth-order valence-electron chi connectivity index (χ4n) is 1.65. The van der Waals surface area contributed by atoms with Crippen molar-refractivity contribution in [3.05, 3.63) is 35.9 Å². The van der Waals surface area contributed by atoms with E-state index in [4.69, 9.17) is 0 Å². The topological polar surface area (TPSA) is 45.8 Å². The molecule has 0 bridgehead atoms. The molecule has 0 unspecified atom stereocenters. The van der Waals surface area contributed by atoms with E-state index in [2.05, 4.69) is 41.8 Å². The number of nitrogens with one attached hydrogen (secondary N) is 1. The normalized spacial score (nSPS) is 11.9. The van der Waals surface area contributed by atoms with Crippen LogP contribution in [-0.2, 0) is 5.41 Å². The third kappa shape index (κ3) is 3.01. The smallest absolute Gasteiger partial charge is 0.265 e. The van der Waals surface area contributed by atoms with Crippen molar-refractivity contribution in [1.82, 2.24) is 9.97 Å². The van der Waals surface area contributed by atoms with Crippen molar-refractivity contribution < 1.29 is 0 Å². The summed E-state index contributed by atoms with van der Waals surface area (Å²) < 4.78 is 1.55. The number of halogens is 2. The highest BCUT2D eigenvalue weighted by atomic mass is 79.9. The predicted molar refractivity (Wildman–Crippen MR) is 87.0 cm³/mol. The first-order valence-electron chi connectivity index (χ1n) is 5.76. The summed E-state index contributed by atoms with van der Waals surface area (Å²) in [7, 11) is 0. The molecule has 6 heteroatoms. The van der Waals surface area contributed by atoms with E-state index >= 15 is 0 Å². The van der Waals surface area contributed by atoms with Crippen LogP contribution in [0.4, 0.5) is 0 Å². The number of hydrogen-bond acceptors (Lipinski definition) is 3. The summed E-state index contributed by atoms with van der Waals surface area (Å²) in [6.07, 6.45) is 0. The van der Waals surface area contributed by atoms with Gasteiger partial charge in [0.25, 0.3) is 5.56 Å². The molecule has 0 aliphatic rings. The summed E-state index contributed by atoms with van der Waals surface area (Å²) >= 11 is 8.42. The molecule has 0 aliphatic carbocycles. The molecule has 3 nitrogen and oxygen atoms in total. The molecule has 0 spiro atoms. The number of nitrogens with zero attached hydrogens (tertiary/aromatic N) is 1. The van der Waals surface area contributed by atoms with Crippen molar-refractivity contribution in [3.8, 4) is 10.7 Å². The SMILES string of the molecule is Cc1sc(-c2nc(C(C)(C)C)c(Br)c(=O)[nH]2)cc1Br. The van der Waals surface area contributed by atoms with Gasteiger partial charge in [-0.2, -0.15) is 0 Å². The van der Waals surface area contributed by atoms with Gasteiger partial charge in [-0.05, 0) is 44.8 Å². The second-order valence-electron chi connectivity index (χ2n) is 5.34. The number of hydrogen-bond donors (Lipinski definition) is 1. The van der Waals surface area contributed by atoms with E-state index in [1.165, 1.54) is 0 Å². The maximum Gasteiger partial charge on any atom is 0.265 e. The summed E-state index contributed by atoms with van der Waals surface area (Å²) in [6, 6.07) is 1.98. The Morgan fingerprint density at radius 3 is 2.42 bits per heavy atom. The average molecular weight is 406 g/mol. The van der Waals surface area contributed by atoms with Gasteiger partial charge in [0.2, 0.25) is 0 Å². The third-order valence-corrected chi connectivity index (χ3v) is 5.54. The van der Waals surface area contributed by atoms with E-state index in [1.54, 1.807) is 11.3 Å². The Labute approximate surface area is 132 Å². The zero-order valence-corrected chi connectivity index (χ0v) is 15.1. The molecule has 2 aromatic heterocycles. The molecule has 0 atom stereocenters. The molecular weight excluding hydrogens is 392 g/mol. The van der Waals surface area contributed by atoms with Crippen LogP contribution < -0.4 is 5.56 Å². The number of aromatic nitrogens is 2. The van der Waals surface area contributed by atoms with Crippen LogP contribution in [0, 0.1) is 6.92 Å². The number of thiophene rings is 1. The maximum absolute atomic E-state index is 12.0. The van der Waals surface area contributed by atoms with Gasteiger partial charge in [-0.15, -0.1) is 11.3 Å². The minimum atomic E-state index is -0.189. The number of rotatable bonds is 1. The summed E-state index contributed by atoms with van der Waals surface area (Å²) in [5.41, 5.74) is 0.441. The molecule has 0 radical (unpaired) electrons. The fourth-order valence-corrected chi connectivity index (χ4v) is 3.91. The van der Waals surface area contributed by atoms with E-state index in [1.807, 2.05) is 33.8 Å². The number of H-pyrrole nitrogens is 1. The highest BCUT2D eigenvalue weighted by Crippen LogP contribution is 2.33. The summed E-state index contributed by atoms with van der Waals surface area (Å²) in [5.74, 6) is 0.622. The van der Waals surface area contributed by atoms with Crippen molar-refractivity contribution >= 4 is 43.2 Å². The Kier molecular flexibility index (Phi) is 4.05. The van der Waals surface area contributed by atoms with Crippen molar-refractivity contribution in [3.63, 3.8) is 0 Å². The summed E-state index contributed by atoms with van der Waals surface area (Å²) in [4.78, 5) is 21.6. The predicted octanol–water partition coefficient (Wildman–Crippen LogP) is 4.63. The number of aromatic amines is 1. The molecule has 0 aliphatic heterocycles. The second kappa shape index (κ2) is 5.14. The third-order valence-electron chi connectivity index (χ3n) is 2.66. The van der Waals surface area contributed by atoms with Crippen LogP contribution >= 0.6 is 43.2 Å². The molecule has 102 valence electrons. The summed E-state index contributed by atoms with van der Waals surface area (Å²) in [6.45, 7) is 8.15. The van der Waals surface area contributed by atoms with E-state index < -0.39 is 0 Å². The standard InChI is InChI=1S/C13H14Br2N2OS/c1-6-7(14)5-8(19-6)11-16-10(13(2,3)4)9(15)12(18)17-11/h5H,1-4H3,(H,16,17,18). The Morgan fingerprint density at radius 2 is 1.95 bits per heavy atom. The Balaban J connectivity index is 2.67. The molecule has 0 saturated heterocycles. The quantitative estimate of drug-likeness (QED) is 0.751. The van der Waals surface area contributed by atoms with E-state index in [0.717, 1.165) is 19.9 Å². The molecule has 0 fully saturated rings. The van der Waals surface area contributed by atoms with Crippen molar-refractivity contribution in [1.29, 1.82) is 0 Å². The van der Waals surface area contributed by atoms with Crippen LogP contribution in [0.2, 0.25) is 0 Å². The van der Waals surface area contributed by atoms with Crippen LogP contribution in [0.3, 0.4) is 0 Å². The average Bonchev–Trinajstić information content (AvgIpc) is 2.61. The Bertz CT molecular complexity index is 663. The molecule has 0 amide bonds. The first-order valence-corrected chi connectivity index (χ1v) is 8.17. The van der Waals surface area contributed by atoms with Gasteiger partial charge < -0.3 is 4.98 Å². The van der Waals surface area contributed by atoms with Crippen LogP contribution in [-0.4, -0.2) is 9.97 Å². The van der Waals surface area contributed by atoms with E-state index in [9.17, 15) is 4.79 Å². The second-order valence-corrected chi connectivity index (χ2v) is 8.25. The van der Waals surface area contributed by atoms with Crippen molar-refractivity contribution in [2.24, 2.45) is 0 Å². The lowest BCUT2D eigenvalue weighted by Crippen LogP contribution is -2.22. The largest absolute Gasteiger partial charge is 0.305 e. The van der Waals surface area contributed by atoms with Gasteiger partial charge in [0, 0.05) is 14.8 Å². The van der Waals surface area contributed by atoms with Gasteiger partial charge in [-0.1, -0.05) is 20.8 Å². The molecule has 2 aromatic rings. The van der Waals surface area contributed by atoms with Crippen LogP contribution in [0.15, 0.2) is 19.8 Å². The maximum atomic E-state index is 12.0. The first-order chi connectivity index (χ1) is 8.70. The van der Waals surface area contributed by atoms with Crippen LogP contribution in [0.25, 0.3) is 10.7 Å². The molecule has 1 N–H and O–H groups in total. The van der Waals surface area contributed by atoms with Crippen molar-refractivity contribution in [2.75, 3.05) is 0 Å². The van der Waals surface area contributed by atoms with Crippen LogP contribution in [0.1, 0.15) is 31.3 Å². The van der Waals surface area contributed by atoms with Gasteiger partial charge >= 0.3 is 0 Å². The van der Waals surface area contributed by atoms with E-state index in [-0.39, 0.29) is 11.0 Å². The van der Waals surface area contributed by atoms with Crippen molar-refractivity contribution in [2.45, 2.75) is 33.1 Å². The Morgan fingerprint density at radius 1 is 1.32 bits per heavy atom. The molecule has 0 aromatic carbocycles. The lowest BCUT2D eigenvalue weighted by Gasteiger charge is -2.19. The minimum absolute atomic E-state index is 0.142. The molecule has 19 heavy (non-hydrogen) atoms. The minimum Gasteiger partial charge on any atom is -0.305 e. The first kappa shape index (κ1) is 14.9. The highest BCUT2D eigenvalue weighted by molar-refractivity contribution is 9.10. The molecule has 0 saturated carbocycles. The molecule has 2 heterocycles. The van der Waals surface area contributed by atoms with Gasteiger partial charge in [0.1, 0.15) is 4.47 Å². The zero-order chi connectivity index (χ0) is 14.4. The zero-order valence-electron chi connectivity index (χ0n) is 11.1. The lowest BCUT2D eigenvalue weighted by molar-refractivity contribution is 0.562.